The van der Waals surface area contributed by atoms with Gasteiger partial charge in [0.05, 0.1) is 17.4 Å². The van der Waals surface area contributed by atoms with E-state index in [9.17, 15) is 4.79 Å². The topological polar surface area (TPSA) is 77.2 Å². The second kappa shape index (κ2) is 7.84. The van der Waals surface area contributed by atoms with Crippen LogP contribution >= 0.6 is 11.3 Å². The molecule has 0 atom stereocenters. The zero-order valence-corrected chi connectivity index (χ0v) is 15.0. The SMILES string of the molecule is O=C(Nc1ccc(-c2cnco2)cc1)c1cccc(OCc2cscn2)c1. The van der Waals surface area contributed by atoms with Crippen LogP contribution in [0.1, 0.15) is 16.1 Å². The Hall–Kier alpha value is -3.45. The molecule has 0 radical (unpaired) electrons. The van der Waals surface area contributed by atoms with Crippen molar-refractivity contribution in [1.29, 1.82) is 0 Å². The highest BCUT2D eigenvalue weighted by Gasteiger charge is 2.09. The number of aromatic nitrogens is 2. The molecule has 0 aliphatic rings. The van der Waals surface area contributed by atoms with Crippen LogP contribution in [0.4, 0.5) is 5.69 Å². The Kier molecular flexibility index (Phi) is 4.93. The first-order chi connectivity index (χ1) is 13.3. The van der Waals surface area contributed by atoms with Gasteiger partial charge in [0.2, 0.25) is 0 Å². The number of nitrogens with one attached hydrogen (secondary N) is 1. The lowest BCUT2D eigenvalue weighted by molar-refractivity contribution is 0.102. The van der Waals surface area contributed by atoms with Gasteiger partial charge in [-0.3, -0.25) is 4.79 Å². The molecule has 0 aliphatic carbocycles. The van der Waals surface area contributed by atoms with E-state index >= 15 is 0 Å². The fourth-order valence-electron chi connectivity index (χ4n) is 2.47. The van der Waals surface area contributed by atoms with E-state index in [1.54, 1.807) is 29.9 Å². The molecule has 0 fully saturated rings. The standard InChI is InChI=1S/C20H15N3O3S/c24-20(23-16-6-4-14(5-7-16)19-9-21-12-26-19)15-2-1-3-18(8-15)25-10-17-11-27-13-22-17/h1-9,11-13H,10H2,(H,23,24). The molecule has 0 saturated carbocycles. The number of carbonyl (C=O) groups excluding carboxylic acids is 1. The summed E-state index contributed by atoms with van der Waals surface area (Å²) in [6.45, 7) is 0.373. The molecule has 6 nitrogen and oxygen atoms in total. The fourth-order valence-corrected chi connectivity index (χ4v) is 3.02. The van der Waals surface area contributed by atoms with E-state index in [-0.39, 0.29) is 5.91 Å². The summed E-state index contributed by atoms with van der Waals surface area (Å²) in [4.78, 5) is 20.6. The van der Waals surface area contributed by atoms with Gasteiger partial charge in [-0.1, -0.05) is 6.07 Å². The fraction of sp³-hybridized carbons (Fsp3) is 0.0500. The van der Waals surface area contributed by atoms with Crippen molar-refractivity contribution in [2.75, 3.05) is 5.32 Å². The quantitative estimate of drug-likeness (QED) is 0.530. The number of rotatable bonds is 6. The minimum Gasteiger partial charge on any atom is -0.487 e. The van der Waals surface area contributed by atoms with E-state index in [4.69, 9.17) is 9.15 Å². The van der Waals surface area contributed by atoms with Crippen LogP contribution in [0.25, 0.3) is 11.3 Å². The Morgan fingerprint density at radius 3 is 2.81 bits per heavy atom. The van der Waals surface area contributed by atoms with E-state index in [0.717, 1.165) is 11.3 Å². The molecule has 0 spiro atoms. The van der Waals surface area contributed by atoms with Crippen LogP contribution in [0.3, 0.4) is 0 Å². The van der Waals surface area contributed by atoms with Crippen molar-refractivity contribution in [2.45, 2.75) is 6.61 Å². The summed E-state index contributed by atoms with van der Waals surface area (Å²) in [7, 11) is 0. The number of carbonyl (C=O) groups is 1. The van der Waals surface area contributed by atoms with E-state index in [1.807, 2.05) is 35.7 Å². The van der Waals surface area contributed by atoms with Gasteiger partial charge < -0.3 is 14.5 Å². The number of amides is 1. The number of benzene rings is 2. The van der Waals surface area contributed by atoms with Gasteiger partial charge in [0, 0.05) is 22.2 Å². The van der Waals surface area contributed by atoms with Gasteiger partial charge in [-0.2, -0.15) is 0 Å². The third-order valence-corrected chi connectivity index (χ3v) is 4.46. The highest BCUT2D eigenvalue weighted by atomic mass is 32.1. The molecule has 27 heavy (non-hydrogen) atoms. The maximum atomic E-state index is 12.5. The van der Waals surface area contributed by atoms with Crippen molar-refractivity contribution in [3.63, 3.8) is 0 Å². The van der Waals surface area contributed by atoms with Crippen LogP contribution < -0.4 is 10.1 Å². The van der Waals surface area contributed by atoms with Gasteiger partial charge >= 0.3 is 0 Å². The van der Waals surface area contributed by atoms with Crippen LogP contribution in [0, 0.1) is 0 Å². The largest absolute Gasteiger partial charge is 0.487 e. The lowest BCUT2D eigenvalue weighted by Gasteiger charge is -2.08. The zero-order valence-electron chi connectivity index (χ0n) is 14.2. The molecule has 1 N–H and O–H groups in total. The summed E-state index contributed by atoms with van der Waals surface area (Å²) in [5.74, 6) is 1.09. The molecule has 134 valence electrons. The second-order valence-corrected chi connectivity index (χ2v) is 6.41. The van der Waals surface area contributed by atoms with E-state index in [0.29, 0.717) is 29.4 Å². The Balaban J connectivity index is 1.41. The summed E-state index contributed by atoms with van der Waals surface area (Å²) in [6.07, 6.45) is 3.03. The number of thiazole rings is 1. The molecule has 0 saturated heterocycles. The first-order valence-corrected chi connectivity index (χ1v) is 9.12. The smallest absolute Gasteiger partial charge is 0.255 e. The van der Waals surface area contributed by atoms with Gasteiger partial charge in [0.15, 0.2) is 12.2 Å². The van der Waals surface area contributed by atoms with Gasteiger partial charge in [-0.25, -0.2) is 9.97 Å². The van der Waals surface area contributed by atoms with Crippen LogP contribution in [-0.4, -0.2) is 15.9 Å². The summed E-state index contributed by atoms with van der Waals surface area (Å²) >= 11 is 1.52. The highest BCUT2D eigenvalue weighted by Crippen LogP contribution is 2.22. The number of anilines is 1. The lowest BCUT2D eigenvalue weighted by atomic mass is 10.1. The summed E-state index contributed by atoms with van der Waals surface area (Å²) in [6, 6.07) is 14.4. The highest BCUT2D eigenvalue weighted by molar-refractivity contribution is 7.07. The van der Waals surface area contributed by atoms with E-state index in [2.05, 4.69) is 15.3 Å². The number of oxazole rings is 1. The summed E-state index contributed by atoms with van der Waals surface area (Å²) in [5.41, 5.74) is 4.72. The van der Waals surface area contributed by atoms with E-state index in [1.165, 1.54) is 17.7 Å². The van der Waals surface area contributed by atoms with Crippen LogP contribution in [0.15, 0.2) is 76.4 Å². The molecule has 0 unspecified atom stereocenters. The minimum atomic E-state index is -0.207. The third kappa shape index (κ3) is 4.21. The average molecular weight is 377 g/mol. The van der Waals surface area contributed by atoms with E-state index < -0.39 is 0 Å². The van der Waals surface area contributed by atoms with Gasteiger partial charge in [-0.15, -0.1) is 11.3 Å². The predicted molar refractivity (Wildman–Crippen MR) is 103 cm³/mol. The van der Waals surface area contributed by atoms with Crippen molar-refractivity contribution in [3.05, 3.63) is 83.3 Å². The Morgan fingerprint density at radius 1 is 1.19 bits per heavy atom. The van der Waals surface area contributed by atoms with Crippen molar-refractivity contribution in [3.8, 4) is 17.1 Å². The minimum absolute atomic E-state index is 0.207. The number of hydrogen-bond acceptors (Lipinski definition) is 6. The molecule has 1 amide bonds. The average Bonchev–Trinajstić information content (AvgIpc) is 3.41. The van der Waals surface area contributed by atoms with Crippen molar-refractivity contribution < 1.29 is 13.9 Å². The summed E-state index contributed by atoms with van der Waals surface area (Å²) in [5, 5.41) is 4.81. The predicted octanol–water partition coefficient (Wildman–Crippen LogP) is 4.63. The maximum Gasteiger partial charge on any atom is 0.255 e. The number of hydrogen-bond donors (Lipinski definition) is 1. The Bertz CT molecular complexity index is 1010. The Labute approximate surface area is 159 Å². The molecule has 0 aliphatic heterocycles. The van der Waals surface area contributed by atoms with Gasteiger partial charge in [0.25, 0.3) is 5.91 Å². The molecule has 4 aromatic rings. The maximum absolute atomic E-state index is 12.5. The molecule has 2 aromatic carbocycles. The molecular formula is C20H15N3O3S. The van der Waals surface area contributed by atoms with Gasteiger partial charge in [0.1, 0.15) is 12.4 Å². The van der Waals surface area contributed by atoms with Crippen LogP contribution in [0.5, 0.6) is 5.75 Å². The first-order valence-electron chi connectivity index (χ1n) is 8.18. The molecule has 0 bridgehead atoms. The van der Waals surface area contributed by atoms with Gasteiger partial charge in [-0.05, 0) is 42.5 Å². The molecule has 2 aromatic heterocycles. The third-order valence-electron chi connectivity index (χ3n) is 3.83. The molecular weight excluding hydrogens is 362 g/mol. The molecule has 7 heteroatoms. The van der Waals surface area contributed by atoms with Crippen molar-refractivity contribution >= 4 is 22.9 Å². The normalized spacial score (nSPS) is 10.5. The summed E-state index contributed by atoms with van der Waals surface area (Å²) < 4.78 is 11.0. The zero-order chi connectivity index (χ0) is 18.5. The number of nitrogens with zero attached hydrogens (tertiary/aromatic N) is 2. The molecule has 4 rings (SSSR count). The van der Waals surface area contributed by atoms with Crippen molar-refractivity contribution in [2.24, 2.45) is 0 Å². The van der Waals surface area contributed by atoms with Crippen LogP contribution in [0.2, 0.25) is 0 Å². The number of ether oxygens (including phenoxy) is 1. The Morgan fingerprint density at radius 2 is 2.07 bits per heavy atom. The molecule has 2 heterocycles. The monoisotopic (exact) mass is 377 g/mol. The first kappa shape index (κ1) is 17.0. The van der Waals surface area contributed by atoms with Crippen molar-refractivity contribution in [1.82, 2.24) is 9.97 Å². The van der Waals surface area contributed by atoms with Crippen LogP contribution in [-0.2, 0) is 6.61 Å². The second-order valence-electron chi connectivity index (χ2n) is 5.69. The lowest BCUT2D eigenvalue weighted by Crippen LogP contribution is -2.11.